The van der Waals surface area contributed by atoms with Crippen LogP contribution in [0.25, 0.3) is 0 Å². The molecule has 0 spiro atoms. The number of aryl methyl sites for hydroxylation is 1. The van der Waals surface area contributed by atoms with Crippen LogP contribution in [0.15, 0.2) is 72.1 Å². The summed E-state index contributed by atoms with van der Waals surface area (Å²) in [6, 6.07) is 21.8. The van der Waals surface area contributed by atoms with Crippen molar-refractivity contribution < 1.29 is 14.3 Å². The van der Waals surface area contributed by atoms with Gasteiger partial charge in [-0.15, -0.1) is 11.3 Å². The molecule has 0 radical (unpaired) electrons. The maximum absolute atomic E-state index is 13.8. The molecule has 2 N–H and O–H groups in total. The molecule has 0 unspecified atom stereocenters. The molecule has 6 heteroatoms. The minimum absolute atomic E-state index is 0.172. The molecular formula is C29H34N2O3S. The van der Waals surface area contributed by atoms with Crippen molar-refractivity contribution in [3.05, 3.63) is 93.7 Å². The van der Waals surface area contributed by atoms with E-state index < -0.39 is 17.6 Å². The lowest BCUT2D eigenvalue weighted by molar-refractivity contribution is -0.161. The SMILES string of the molecule is CC(=O)N[C@@H](Cc1ccccc1)C(=O)O[C@]1(c2cccs2)C[C@@H](NC(C)C)CCc2ccccc21. The summed E-state index contributed by atoms with van der Waals surface area (Å²) in [5, 5.41) is 8.56. The molecule has 1 aromatic heterocycles. The fraction of sp³-hybridized carbons (Fsp3) is 0.379. The number of rotatable bonds is 8. The van der Waals surface area contributed by atoms with Crippen LogP contribution >= 0.6 is 11.3 Å². The van der Waals surface area contributed by atoms with Gasteiger partial charge in [-0.05, 0) is 35.4 Å². The van der Waals surface area contributed by atoms with Gasteiger partial charge in [-0.1, -0.05) is 74.5 Å². The van der Waals surface area contributed by atoms with E-state index in [0.29, 0.717) is 18.9 Å². The zero-order valence-corrected chi connectivity index (χ0v) is 21.4. The largest absolute Gasteiger partial charge is 0.447 e. The summed E-state index contributed by atoms with van der Waals surface area (Å²) in [6.45, 7) is 5.72. The fourth-order valence-corrected chi connectivity index (χ4v) is 5.94. The van der Waals surface area contributed by atoms with Crippen molar-refractivity contribution in [1.82, 2.24) is 10.6 Å². The van der Waals surface area contributed by atoms with Crippen molar-refractivity contribution in [2.24, 2.45) is 0 Å². The van der Waals surface area contributed by atoms with Crippen LogP contribution in [0, 0.1) is 0 Å². The first-order valence-corrected chi connectivity index (χ1v) is 13.2. The molecule has 0 aliphatic heterocycles. The molecule has 0 saturated heterocycles. The standard InChI is InChI=1S/C29H34N2O3S/c1-20(2)30-24-16-15-23-12-7-8-13-25(23)29(19-24,27-14-9-17-35-27)34-28(33)26(31-21(3)32)18-22-10-5-4-6-11-22/h4-14,17,20,24,26,30H,15-16,18-19H2,1-3H3,(H,31,32)/t24-,26-,29+/m0/s1. The molecule has 3 aromatic rings. The minimum Gasteiger partial charge on any atom is -0.447 e. The molecule has 2 aromatic carbocycles. The van der Waals surface area contributed by atoms with E-state index in [9.17, 15) is 9.59 Å². The quantitative estimate of drug-likeness (QED) is 0.345. The van der Waals surface area contributed by atoms with Crippen LogP contribution in [0.3, 0.4) is 0 Å². The lowest BCUT2D eigenvalue weighted by Crippen LogP contribution is -2.48. The number of nitrogens with one attached hydrogen (secondary N) is 2. The molecule has 1 aliphatic carbocycles. The number of benzene rings is 2. The summed E-state index contributed by atoms with van der Waals surface area (Å²) in [4.78, 5) is 26.9. The lowest BCUT2D eigenvalue weighted by atomic mass is 9.85. The van der Waals surface area contributed by atoms with Gasteiger partial charge in [0.1, 0.15) is 6.04 Å². The van der Waals surface area contributed by atoms with Crippen LogP contribution in [0.1, 0.15) is 55.2 Å². The molecule has 3 atom stereocenters. The summed E-state index contributed by atoms with van der Waals surface area (Å²) < 4.78 is 6.59. The molecular weight excluding hydrogens is 456 g/mol. The van der Waals surface area contributed by atoms with E-state index >= 15 is 0 Å². The van der Waals surface area contributed by atoms with Gasteiger partial charge in [0.25, 0.3) is 0 Å². The number of esters is 1. The van der Waals surface area contributed by atoms with Gasteiger partial charge in [0, 0.05) is 37.4 Å². The van der Waals surface area contributed by atoms with Crippen molar-refractivity contribution in [1.29, 1.82) is 0 Å². The Morgan fingerprint density at radius 1 is 1.06 bits per heavy atom. The Morgan fingerprint density at radius 3 is 2.49 bits per heavy atom. The van der Waals surface area contributed by atoms with Gasteiger partial charge >= 0.3 is 5.97 Å². The van der Waals surface area contributed by atoms with E-state index in [1.54, 1.807) is 11.3 Å². The second kappa shape index (κ2) is 11.2. The number of hydrogen-bond donors (Lipinski definition) is 2. The molecule has 0 fully saturated rings. The number of carbonyl (C=O) groups is 2. The number of carbonyl (C=O) groups excluding carboxylic acids is 2. The zero-order chi connectivity index (χ0) is 24.8. The third kappa shape index (κ3) is 6.00. The Bertz CT molecular complexity index is 1130. The third-order valence-corrected chi connectivity index (χ3v) is 7.47. The number of thiophene rings is 1. The van der Waals surface area contributed by atoms with E-state index in [1.807, 2.05) is 53.9 Å². The van der Waals surface area contributed by atoms with Gasteiger partial charge in [-0.25, -0.2) is 4.79 Å². The topological polar surface area (TPSA) is 67.4 Å². The van der Waals surface area contributed by atoms with E-state index in [2.05, 4.69) is 42.7 Å². The summed E-state index contributed by atoms with van der Waals surface area (Å²) in [5.41, 5.74) is 2.26. The van der Waals surface area contributed by atoms with Crippen molar-refractivity contribution in [2.45, 2.75) is 70.2 Å². The molecule has 184 valence electrons. The van der Waals surface area contributed by atoms with Gasteiger partial charge in [0.05, 0.1) is 4.88 Å². The Balaban J connectivity index is 1.76. The van der Waals surface area contributed by atoms with Gasteiger partial charge in [-0.3, -0.25) is 4.79 Å². The van der Waals surface area contributed by atoms with Crippen LogP contribution in [0.5, 0.6) is 0 Å². The normalized spacial score (nSPS) is 20.5. The van der Waals surface area contributed by atoms with Crippen LogP contribution in [0.2, 0.25) is 0 Å². The van der Waals surface area contributed by atoms with Gasteiger partial charge in [0.2, 0.25) is 5.91 Å². The smallest absolute Gasteiger partial charge is 0.330 e. The molecule has 1 aliphatic rings. The number of hydrogen-bond acceptors (Lipinski definition) is 5. The third-order valence-electron chi connectivity index (χ3n) is 6.46. The number of fused-ring (bicyclic) bond motifs is 1. The summed E-state index contributed by atoms with van der Waals surface area (Å²) >= 11 is 1.60. The molecule has 0 saturated carbocycles. The highest BCUT2D eigenvalue weighted by atomic mass is 32.1. The highest BCUT2D eigenvalue weighted by molar-refractivity contribution is 7.10. The first-order chi connectivity index (χ1) is 16.9. The van der Waals surface area contributed by atoms with Crippen molar-refractivity contribution in [3.63, 3.8) is 0 Å². The van der Waals surface area contributed by atoms with Crippen LogP contribution in [0.4, 0.5) is 0 Å². The molecule has 1 amide bonds. The van der Waals surface area contributed by atoms with E-state index in [-0.39, 0.29) is 11.9 Å². The Labute approximate surface area is 211 Å². The highest BCUT2D eigenvalue weighted by Crippen LogP contribution is 2.45. The highest BCUT2D eigenvalue weighted by Gasteiger charge is 2.45. The average Bonchev–Trinajstić information content (AvgIpc) is 3.33. The number of amides is 1. The van der Waals surface area contributed by atoms with Crippen molar-refractivity contribution >= 4 is 23.2 Å². The average molecular weight is 491 g/mol. The molecule has 1 heterocycles. The molecule has 4 rings (SSSR count). The molecule has 5 nitrogen and oxygen atoms in total. The Hall–Kier alpha value is -2.96. The van der Waals surface area contributed by atoms with Crippen LogP contribution in [-0.4, -0.2) is 30.0 Å². The van der Waals surface area contributed by atoms with Gasteiger partial charge in [-0.2, -0.15) is 0 Å². The van der Waals surface area contributed by atoms with Crippen LogP contribution in [-0.2, 0) is 32.8 Å². The Kier molecular flexibility index (Phi) is 8.04. The fourth-order valence-electron chi connectivity index (χ4n) is 5.05. The maximum Gasteiger partial charge on any atom is 0.330 e. The first kappa shape index (κ1) is 25.1. The lowest BCUT2D eigenvalue weighted by Gasteiger charge is -2.37. The van der Waals surface area contributed by atoms with Crippen molar-refractivity contribution in [3.8, 4) is 0 Å². The number of ether oxygens (including phenoxy) is 1. The van der Waals surface area contributed by atoms with Gasteiger partial charge in [0.15, 0.2) is 5.60 Å². The Morgan fingerprint density at radius 2 is 1.80 bits per heavy atom. The van der Waals surface area contributed by atoms with Crippen molar-refractivity contribution in [2.75, 3.05) is 0 Å². The maximum atomic E-state index is 13.8. The summed E-state index contributed by atoms with van der Waals surface area (Å²) in [5.74, 6) is -0.675. The monoisotopic (exact) mass is 490 g/mol. The predicted molar refractivity (Wildman–Crippen MR) is 140 cm³/mol. The zero-order valence-electron chi connectivity index (χ0n) is 20.6. The van der Waals surface area contributed by atoms with E-state index in [4.69, 9.17) is 4.74 Å². The predicted octanol–water partition coefficient (Wildman–Crippen LogP) is 4.99. The molecule has 35 heavy (non-hydrogen) atoms. The minimum atomic E-state index is -0.932. The second-order valence-corrected chi connectivity index (χ2v) is 10.5. The first-order valence-electron chi connectivity index (χ1n) is 12.3. The second-order valence-electron chi connectivity index (χ2n) is 9.59. The van der Waals surface area contributed by atoms with Crippen LogP contribution < -0.4 is 10.6 Å². The van der Waals surface area contributed by atoms with E-state index in [0.717, 1.165) is 28.8 Å². The summed E-state index contributed by atoms with van der Waals surface area (Å²) in [7, 11) is 0. The summed E-state index contributed by atoms with van der Waals surface area (Å²) in [6.07, 6.45) is 2.87. The van der Waals surface area contributed by atoms with Gasteiger partial charge < -0.3 is 15.4 Å². The van der Waals surface area contributed by atoms with E-state index in [1.165, 1.54) is 12.5 Å². The molecule has 0 bridgehead atoms.